The summed E-state index contributed by atoms with van der Waals surface area (Å²) in [5.41, 5.74) is 4.56. The van der Waals surface area contributed by atoms with Gasteiger partial charge in [-0.15, -0.1) is 0 Å². The maximum absolute atomic E-state index is 11.7. The van der Waals surface area contributed by atoms with Crippen LogP contribution in [-0.2, 0) is 10.3 Å². The third-order valence-corrected chi connectivity index (χ3v) is 3.77. The zero-order valence-corrected chi connectivity index (χ0v) is 13.9. The summed E-state index contributed by atoms with van der Waals surface area (Å²) in [5.74, 6) is 0.827. The number of benzene rings is 1. The van der Waals surface area contributed by atoms with Gasteiger partial charge in [-0.1, -0.05) is 18.5 Å². The molecule has 1 saturated carbocycles. The second-order valence-electron chi connectivity index (χ2n) is 5.54. The lowest BCUT2D eigenvalue weighted by molar-refractivity contribution is -0.417. The van der Waals surface area contributed by atoms with E-state index < -0.39 is 0 Å². The molecule has 1 aromatic rings. The monoisotopic (exact) mass is 332 g/mol. The third-order valence-electron chi connectivity index (χ3n) is 3.44. The van der Waals surface area contributed by atoms with Gasteiger partial charge in [-0.25, -0.2) is 0 Å². The molecular formula is C15H22Cl2N2O2. The van der Waals surface area contributed by atoms with Gasteiger partial charge in [0, 0.05) is 11.4 Å². The highest BCUT2D eigenvalue weighted by atomic mass is 35.5. The van der Waals surface area contributed by atoms with E-state index in [2.05, 4.69) is 11.1 Å². The summed E-state index contributed by atoms with van der Waals surface area (Å²) in [6.07, 6.45) is 2.33. The van der Waals surface area contributed by atoms with Crippen LogP contribution in [0.25, 0.3) is 0 Å². The molecule has 1 fully saturated rings. The van der Waals surface area contributed by atoms with Gasteiger partial charge in [0.25, 0.3) is 0 Å². The van der Waals surface area contributed by atoms with Crippen LogP contribution in [0.1, 0.15) is 38.7 Å². The summed E-state index contributed by atoms with van der Waals surface area (Å²) in [6, 6.07) is 5.85. The smallest absolute Gasteiger partial charge is 0.220 e. The third kappa shape index (κ3) is 4.50. The summed E-state index contributed by atoms with van der Waals surface area (Å²) < 4.78 is 5.68. The molecule has 1 aliphatic rings. The van der Waals surface area contributed by atoms with E-state index in [-0.39, 0.29) is 29.9 Å². The molecular weight excluding hydrogens is 311 g/mol. The molecule has 0 saturated heterocycles. The molecule has 1 amide bonds. The Morgan fingerprint density at radius 3 is 2.71 bits per heavy atom. The van der Waals surface area contributed by atoms with Crippen LogP contribution >= 0.6 is 11.6 Å². The molecule has 6 heteroatoms. The highest BCUT2D eigenvalue weighted by Gasteiger charge is 2.46. The van der Waals surface area contributed by atoms with Gasteiger partial charge >= 0.3 is 0 Å². The van der Waals surface area contributed by atoms with Gasteiger partial charge in [0.2, 0.25) is 5.91 Å². The Morgan fingerprint density at radius 1 is 1.52 bits per heavy atom. The molecule has 118 valence electrons. The van der Waals surface area contributed by atoms with E-state index >= 15 is 0 Å². The summed E-state index contributed by atoms with van der Waals surface area (Å²) in [4.78, 5) is 11.7. The molecule has 1 aliphatic carbocycles. The molecule has 4 nitrogen and oxygen atoms in total. The van der Waals surface area contributed by atoms with Crippen molar-refractivity contribution in [2.75, 3.05) is 6.61 Å². The van der Waals surface area contributed by atoms with Crippen LogP contribution in [-0.4, -0.2) is 18.6 Å². The second-order valence-corrected chi connectivity index (χ2v) is 5.95. The molecule has 0 heterocycles. The Hall–Kier alpha value is -0.970. The molecule has 2 rings (SSSR count). The molecule has 0 unspecified atom stereocenters. The van der Waals surface area contributed by atoms with Gasteiger partial charge in [0.05, 0.1) is 5.54 Å². The second kappa shape index (κ2) is 7.34. The average molecular weight is 333 g/mol. The number of carbonyl (C=O) groups is 1. The zero-order chi connectivity index (χ0) is 14.8. The van der Waals surface area contributed by atoms with Gasteiger partial charge in [0.15, 0.2) is 0 Å². The average Bonchev–Trinajstić information content (AvgIpc) is 3.18. The lowest BCUT2D eigenvalue weighted by atomic mass is 10.0. The molecule has 0 aromatic heterocycles. The largest absolute Gasteiger partial charge is 1.00 e. The highest BCUT2D eigenvalue weighted by Crippen LogP contribution is 2.49. The number of nitrogens with one attached hydrogen (secondary N) is 1. The first-order chi connectivity index (χ1) is 9.47. The van der Waals surface area contributed by atoms with Crippen molar-refractivity contribution in [1.82, 2.24) is 5.32 Å². The summed E-state index contributed by atoms with van der Waals surface area (Å²) in [5, 5.41) is 3.75. The number of rotatable bonds is 6. The van der Waals surface area contributed by atoms with Crippen molar-refractivity contribution >= 4 is 17.5 Å². The van der Waals surface area contributed by atoms with Crippen molar-refractivity contribution in [2.45, 2.75) is 44.7 Å². The van der Waals surface area contributed by atoms with E-state index in [0.29, 0.717) is 18.1 Å². The number of halogens is 2. The van der Waals surface area contributed by atoms with Crippen molar-refractivity contribution in [1.29, 1.82) is 0 Å². The van der Waals surface area contributed by atoms with Crippen LogP contribution in [0.3, 0.4) is 0 Å². The van der Waals surface area contributed by atoms with Crippen LogP contribution < -0.4 is 28.2 Å². The zero-order valence-electron chi connectivity index (χ0n) is 12.4. The van der Waals surface area contributed by atoms with Crippen molar-refractivity contribution < 1.29 is 27.7 Å². The van der Waals surface area contributed by atoms with Gasteiger partial charge < -0.3 is 28.2 Å². The van der Waals surface area contributed by atoms with Gasteiger partial charge in [-0.05, 0) is 43.5 Å². The predicted octanol–water partition coefficient (Wildman–Crippen LogP) is -1.13. The van der Waals surface area contributed by atoms with Crippen molar-refractivity contribution in [3.8, 4) is 5.75 Å². The van der Waals surface area contributed by atoms with Crippen LogP contribution in [0.2, 0.25) is 5.02 Å². The van der Waals surface area contributed by atoms with Gasteiger partial charge in [-0.2, -0.15) is 0 Å². The number of amides is 1. The van der Waals surface area contributed by atoms with Crippen LogP contribution in [0.5, 0.6) is 5.75 Å². The first-order valence-corrected chi connectivity index (χ1v) is 7.41. The number of ether oxygens (including phenoxy) is 1. The highest BCUT2D eigenvalue weighted by molar-refractivity contribution is 6.31. The van der Waals surface area contributed by atoms with E-state index in [1.165, 1.54) is 0 Å². The molecule has 0 spiro atoms. The van der Waals surface area contributed by atoms with E-state index in [4.69, 9.17) is 16.3 Å². The molecule has 0 radical (unpaired) electrons. The summed E-state index contributed by atoms with van der Waals surface area (Å²) >= 11 is 6.29. The fraction of sp³-hybridized carbons (Fsp3) is 0.533. The fourth-order valence-corrected chi connectivity index (χ4v) is 2.44. The minimum absolute atomic E-state index is 0. The maximum Gasteiger partial charge on any atom is 0.220 e. The number of carbonyl (C=O) groups excluding carboxylic acids is 1. The van der Waals surface area contributed by atoms with Crippen LogP contribution in [0.4, 0.5) is 0 Å². The lowest BCUT2D eigenvalue weighted by Gasteiger charge is -2.20. The standard InChI is InChI=1S/C15H21ClN2O2.ClH/c1-3-14(19)18-15(6-7-15)12-8-11(4-5-13(12)16)20-9-10(2)17;/h4-5,8,10H,3,6-7,9,17H2,1-2H3,(H,18,19);1H/t10-;/m0./s1. The van der Waals surface area contributed by atoms with Crippen LogP contribution in [0.15, 0.2) is 18.2 Å². The Kier molecular flexibility index (Phi) is 6.32. The van der Waals surface area contributed by atoms with E-state index in [1.807, 2.05) is 32.0 Å². The molecule has 0 bridgehead atoms. The molecule has 21 heavy (non-hydrogen) atoms. The molecule has 0 aliphatic heterocycles. The Balaban J connectivity index is 0.00000220. The summed E-state index contributed by atoms with van der Waals surface area (Å²) in [6.45, 7) is 4.41. The van der Waals surface area contributed by atoms with Crippen molar-refractivity contribution in [3.63, 3.8) is 0 Å². The minimum atomic E-state index is -0.292. The topological polar surface area (TPSA) is 66.0 Å². The number of hydrogen-bond donors (Lipinski definition) is 2. The van der Waals surface area contributed by atoms with Gasteiger partial charge in [-0.3, -0.25) is 4.79 Å². The minimum Gasteiger partial charge on any atom is -1.00 e. The maximum atomic E-state index is 11.7. The Morgan fingerprint density at radius 2 is 2.19 bits per heavy atom. The van der Waals surface area contributed by atoms with Crippen molar-refractivity contribution in [3.05, 3.63) is 28.8 Å². The quantitative estimate of drug-likeness (QED) is 0.692. The van der Waals surface area contributed by atoms with Crippen LogP contribution in [0, 0.1) is 0 Å². The SMILES string of the molecule is CCC(=O)NC1(c2cc(OC[C@H](C)[NH3+])ccc2Cl)CC1.[Cl-]. The van der Waals surface area contributed by atoms with E-state index in [9.17, 15) is 4.79 Å². The normalized spacial score (nSPS) is 16.6. The summed E-state index contributed by atoms with van der Waals surface area (Å²) in [7, 11) is 0. The molecule has 1 atom stereocenters. The Labute approximate surface area is 136 Å². The fourth-order valence-electron chi connectivity index (χ4n) is 2.14. The van der Waals surface area contributed by atoms with Crippen molar-refractivity contribution in [2.24, 2.45) is 0 Å². The number of quaternary nitrogens is 1. The number of hydrogen-bond acceptors (Lipinski definition) is 2. The lowest BCUT2D eigenvalue weighted by Crippen LogP contribution is -3.00. The first-order valence-electron chi connectivity index (χ1n) is 7.04. The van der Waals surface area contributed by atoms with E-state index in [1.54, 1.807) is 0 Å². The van der Waals surface area contributed by atoms with E-state index in [0.717, 1.165) is 24.2 Å². The first kappa shape index (κ1) is 18.1. The molecule has 4 N–H and O–H groups in total. The molecule has 1 aromatic carbocycles. The predicted molar refractivity (Wildman–Crippen MR) is 78.6 cm³/mol. The Bertz CT molecular complexity index is 502. The van der Waals surface area contributed by atoms with Gasteiger partial charge in [0.1, 0.15) is 18.4 Å².